The number of hydrogen-bond acceptors (Lipinski definition) is 3. The standard InChI is InChI=1S/C12H11F6NO2/c13-11(14,15)20-8-3-7(10(19)6-1-2-6)4-9(5-8)21-12(16,17)18/h3-6,10H,1-2,19H2. The topological polar surface area (TPSA) is 44.5 Å². The average Bonchev–Trinajstić information content (AvgIpc) is 3.06. The summed E-state index contributed by atoms with van der Waals surface area (Å²) < 4.78 is 80.5. The molecule has 0 amide bonds. The molecule has 2 rings (SSSR count). The van der Waals surface area contributed by atoms with Gasteiger partial charge in [-0.15, -0.1) is 26.3 Å². The zero-order valence-corrected chi connectivity index (χ0v) is 10.5. The van der Waals surface area contributed by atoms with Gasteiger partial charge >= 0.3 is 12.7 Å². The van der Waals surface area contributed by atoms with Gasteiger partial charge in [-0.3, -0.25) is 0 Å². The fourth-order valence-corrected chi connectivity index (χ4v) is 1.90. The van der Waals surface area contributed by atoms with E-state index in [0.717, 1.165) is 25.0 Å². The van der Waals surface area contributed by atoms with Crippen molar-refractivity contribution in [2.75, 3.05) is 0 Å². The summed E-state index contributed by atoms with van der Waals surface area (Å²) in [5.41, 5.74) is 5.90. The third kappa shape index (κ3) is 5.00. The molecule has 1 aromatic rings. The SMILES string of the molecule is NC(c1cc(OC(F)(F)F)cc(OC(F)(F)F)c1)C1CC1. The minimum Gasteiger partial charge on any atom is -0.406 e. The summed E-state index contributed by atoms with van der Waals surface area (Å²) >= 11 is 0. The Labute approximate surface area is 115 Å². The Morgan fingerprint density at radius 1 is 0.905 bits per heavy atom. The minimum atomic E-state index is -5.02. The molecule has 0 saturated heterocycles. The zero-order valence-electron chi connectivity index (χ0n) is 10.5. The molecule has 0 bridgehead atoms. The van der Waals surface area contributed by atoms with E-state index in [0.29, 0.717) is 6.07 Å². The highest BCUT2D eigenvalue weighted by atomic mass is 19.4. The molecule has 0 heterocycles. The Balaban J connectivity index is 2.30. The second kappa shape index (κ2) is 5.28. The molecule has 1 atom stereocenters. The molecule has 1 aromatic carbocycles. The number of nitrogens with two attached hydrogens (primary N) is 1. The normalized spacial score (nSPS) is 17.5. The smallest absolute Gasteiger partial charge is 0.406 e. The van der Waals surface area contributed by atoms with Crippen LogP contribution in [0.15, 0.2) is 18.2 Å². The molecule has 1 fully saturated rings. The van der Waals surface area contributed by atoms with Crippen molar-refractivity contribution in [3.63, 3.8) is 0 Å². The van der Waals surface area contributed by atoms with E-state index in [-0.39, 0.29) is 11.5 Å². The maximum atomic E-state index is 12.2. The molecule has 1 aliphatic rings. The van der Waals surface area contributed by atoms with Gasteiger partial charge in [-0.1, -0.05) is 0 Å². The molecular weight excluding hydrogens is 304 g/mol. The summed E-state index contributed by atoms with van der Waals surface area (Å²) in [4.78, 5) is 0. The van der Waals surface area contributed by atoms with Crippen LogP contribution < -0.4 is 15.2 Å². The van der Waals surface area contributed by atoms with Crippen molar-refractivity contribution >= 4 is 0 Å². The largest absolute Gasteiger partial charge is 0.573 e. The van der Waals surface area contributed by atoms with Crippen LogP contribution in [-0.4, -0.2) is 12.7 Å². The summed E-state index contributed by atoms with van der Waals surface area (Å²) in [7, 11) is 0. The Morgan fingerprint density at radius 2 is 1.33 bits per heavy atom. The van der Waals surface area contributed by atoms with E-state index in [1.165, 1.54) is 0 Å². The summed E-state index contributed by atoms with van der Waals surface area (Å²) in [5.74, 6) is -1.55. The highest BCUT2D eigenvalue weighted by Crippen LogP contribution is 2.42. The number of rotatable bonds is 4. The number of ether oxygens (including phenoxy) is 2. The van der Waals surface area contributed by atoms with E-state index in [4.69, 9.17) is 5.73 Å². The summed E-state index contributed by atoms with van der Waals surface area (Å²) in [6.07, 6.45) is -8.47. The summed E-state index contributed by atoms with van der Waals surface area (Å²) in [6, 6.07) is 1.81. The maximum Gasteiger partial charge on any atom is 0.573 e. The van der Waals surface area contributed by atoms with E-state index in [1.807, 2.05) is 0 Å². The first-order valence-corrected chi connectivity index (χ1v) is 5.95. The first kappa shape index (κ1) is 15.7. The van der Waals surface area contributed by atoms with Crippen LogP contribution in [0.3, 0.4) is 0 Å². The number of benzene rings is 1. The van der Waals surface area contributed by atoms with Gasteiger partial charge < -0.3 is 15.2 Å². The Morgan fingerprint density at radius 3 is 1.67 bits per heavy atom. The van der Waals surface area contributed by atoms with Gasteiger partial charge in [0, 0.05) is 12.1 Å². The zero-order chi connectivity index (χ0) is 15.8. The molecule has 1 saturated carbocycles. The van der Waals surface area contributed by atoms with Crippen LogP contribution >= 0.6 is 0 Å². The van der Waals surface area contributed by atoms with E-state index in [9.17, 15) is 26.3 Å². The molecule has 1 unspecified atom stereocenters. The Kier molecular flexibility index (Phi) is 3.96. The van der Waals surface area contributed by atoms with Crippen molar-refractivity contribution in [3.8, 4) is 11.5 Å². The predicted octanol–water partition coefficient (Wildman–Crippen LogP) is 3.89. The summed E-state index contributed by atoms with van der Waals surface area (Å²) in [5, 5.41) is 0. The van der Waals surface area contributed by atoms with Crippen molar-refractivity contribution in [1.82, 2.24) is 0 Å². The highest BCUT2D eigenvalue weighted by Gasteiger charge is 2.35. The quantitative estimate of drug-likeness (QED) is 0.857. The second-order valence-corrected chi connectivity index (χ2v) is 4.70. The van der Waals surface area contributed by atoms with E-state index < -0.39 is 30.3 Å². The van der Waals surface area contributed by atoms with Crippen LogP contribution in [0.25, 0.3) is 0 Å². The first-order chi connectivity index (χ1) is 9.53. The van der Waals surface area contributed by atoms with Gasteiger partial charge in [0.1, 0.15) is 11.5 Å². The van der Waals surface area contributed by atoms with Crippen LogP contribution in [0.1, 0.15) is 24.4 Å². The Hall–Kier alpha value is -1.64. The molecule has 0 aromatic heterocycles. The summed E-state index contributed by atoms with van der Waals surface area (Å²) in [6.45, 7) is 0. The molecule has 1 aliphatic carbocycles. The lowest BCUT2D eigenvalue weighted by molar-refractivity contribution is -0.276. The molecule has 0 spiro atoms. The molecule has 3 nitrogen and oxygen atoms in total. The molecule has 0 aliphatic heterocycles. The third-order valence-electron chi connectivity index (χ3n) is 2.88. The second-order valence-electron chi connectivity index (χ2n) is 4.70. The minimum absolute atomic E-state index is 0.0462. The number of hydrogen-bond donors (Lipinski definition) is 1. The van der Waals surface area contributed by atoms with Crippen LogP contribution in [0.4, 0.5) is 26.3 Å². The van der Waals surface area contributed by atoms with E-state index in [2.05, 4.69) is 9.47 Å². The molecule has 2 N–H and O–H groups in total. The van der Waals surface area contributed by atoms with Crippen molar-refractivity contribution in [1.29, 1.82) is 0 Å². The fourth-order valence-electron chi connectivity index (χ4n) is 1.90. The molecule has 0 radical (unpaired) electrons. The molecule has 118 valence electrons. The number of alkyl halides is 6. The van der Waals surface area contributed by atoms with E-state index >= 15 is 0 Å². The number of halogens is 6. The van der Waals surface area contributed by atoms with Gasteiger partial charge in [0.05, 0.1) is 0 Å². The van der Waals surface area contributed by atoms with Gasteiger partial charge in [0.25, 0.3) is 0 Å². The van der Waals surface area contributed by atoms with Crippen LogP contribution in [0.5, 0.6) is 11.5 Å². The van der Waals surface area contributed by atoms with Gasteiger partial charge in [-0.05, 0) is 36.5 Å². The van der Waals surface area contributed by atoms with Gasteiger partial charge in [-0.25, -0.2) is 0 Å². The van der Waals surface area contributed by atoms with Gasteiger partial charge in [-0.2, -0.15) is 0 Å². The molecule has 21 heavy (non-hydrogen) atoms. The van der Waals surface area contributed by atoms with Gasteiger partial charge in [0.2, 0.25) is 0 Å². The maximum absolute atomic E-state index is 12.2. The van der Waals surface area contributed by atoms with Crippen LogP contribution in [0, 0.1) is 5.92 Å². The highest BCUT2D eigenvalue weighted by molar-refractivity contribution is 5.40. The van der Waals surface area contributed by atoms with Crippen LogP contribution in [-0.2, 0) is 0 Å². The lowest BCUT2D eigenvalue weighted by Crippen LogP contribution is -2.20. The van der Waals surface area contributed by atoms with Crippen molar-refractivity contribution in [2.24, 2.45) is 11.7 Å². The van der Waals surface area contributed by atoms with Crippen molar-refractivity contribution in [2.45, 2.75) is 31.6 Å². The molecule has 9 heteroatoms. The third-order valence-corrected chi connectivity index (χ3v) is 2.88. The van der Waals surface area contributed by atoms with Crippen molar-refractivity contribution in [3.05, 3.63) is 23.8 Å². The molecular formula is C12H11F6NO2. The van der Waals surface area contributed by atoms with Crippen LogP contribution in [0.2, 0.25) is 0 Å². The lowest BCUT2D eigenvalue weighted by Gasteiger charge is -2.17. The lowest BCUT2D eigenvalue weighted by atomic mass is 10.0. The Bertz CT molecular complexity index is 475. The average molecular weight is 315 g/mol. The fraction of sp³-hybridized carbons (Fsp3) is 0.500. The van der Waals surface area contributed by atoms with Gasteiger partial charge in [0.15, 0.2) is 0 Å². The predicted molar refractivity (Wildman–Crippen MR) is 59.5 cm³/mol. The van der Waals surface area contributed by atoms with Crippen molar-refractivity contribution < 1.29 is 35.8 Å². The monoisotopic (exact) mass is 315 g/mol. The first-order valence-electron chi connectivity index (χ1n) is 5.95. The van der Waals surface area contributed by atoms with E-state index in [1.54, 1.807) is 0 Å².